The van der Waals surface area contributed by atoms with Crippen LogP contribution in [0.5, 0.6) is 0 Å². The molecule has 2 saturated carbocycles. The summed E-state index contributed by atoms with van der Waals surface area (Å²) in [5.41, 5.74) is 3.18. The Hall–Kier alpha value is -5.80. The van der Waals surface area contributed by atoms with Gasteiger partial charge < -0.3 is 30.0 Å². The average Bonchev–Trinajstić information content (AvgIpc) is 3.83. The number of rotatable bonds is 12. The summed E-state index contributed by atoms with van der Waals surface area (Å²) in [6, 6.07) is 14.3. The molecule has 2 aliphatic rings. The lowest BCUT2D eigenvalue weighted by Crippen LogP contribution is -2.36. The normalized spacial score (nSPS) is 14.7. The van der Waals surface area contributed by atoms with Gasteiger partial charge in [-0.05, 0) is 48.9 Å². The number of esters is 1. The molecule has 53 heavy (non-hydrogen) atoms. The Labute approximate surface area is 307 Å². The molecule has 3 N–H and O–H groups in total. The summed E-state index contributed by atoms with van der Waals surface area (Å²) >= 11 is 0. The van der Waals surface area contributed by atoms with Gasteiger partial charge in [-0.1, -0.05) is 85.3 Å². The van der Waals surface area contributed by atoms with E-state index in [1.165, 1.54) is 24.6 Å². The number of hydrogen-bond donors (Lipinski definition) is 3. The van der Waals surface area contributed by atoms with Gasteiger partial charge in [0.15, 0.2) is 0 Å². The zero-order valence-electron chi connectivity index (χ0n) is 29.8. The molecule has 0 atom stereocenters. The molecule has 6 rings (SSSR count). The Balaban J connectivity index is 0.000000204. The van der Waals surface area contributed by atoms with Crippen molar-refractivity contribution in [2.24, 2.45) is 0 Å². The van der Waals surface area contributed by atoms with Crippen molar-refractivity contribution in [1.29, 1.82) is 0 Å². The summed E-state index contributed by atoms with van der Waals surface area (Å²) in [5.74, 6) is -1.38. The standard InChI is InChI=1S/C19H24N4O4.C18H22N4O4/c1-26-18(24)17-10-6-5-7-14(17)11-23-12-16(21-22-23)13-27-19(25)20-15-8-3-2-4-9-15;23-17(24)16-9-5-4-6-13(16)10-22-11-15(20-21-22)12-26-18(25)19-14-7-2-1-3-8-14/h5-7,10,12,15H,2-4,8-9,11,13H2,1H3,(H,20,25);4-6,9,11,14H,1-3,7-8,10,12H2,(H,19,25)(H,23,24). The number of aromatic nitrogens is 6. The number of carbonyl (C=O) groups is 4. The van der Waals surface area contributed by atoms with Gasteiger partial charge in [0.1, 0.15) is 24.6 Å². The van der Waals surface area contributed by atoms with Crippen molar-refractivity contribution in [3.63, 3.8) is 0 Å². The largest absolute Gasteiger partial charge is 0.478 e. The smallest absolute Gasteiger partial charge is 0.407 e. The minimum Gasteiger partial charge on any atom is -0.478 e. The highest BCUT2D eigenvalue weighted by molar-refractivity contribution is 5.91. The average molecular weight is 731 g/mol. The SMILES string of the molecule is COC(=O)c1ccccc1Cn1cc(COC(=O)NC2CCCCC2)nn1.O=C(NC1CCCCC1)OCc1cn(Cc2ccccc2C(=O)O)nn1. The molecule has 4 aromatic rings. The number of amides is 2. The Morgan fingerprint density at radius 1 is 0.679 bits per heavy atom. The Morgan fingerprint density at radius 3 is 1.57 bits per heavy atom. The van der Waals surface area contributed by atoms with Crippen molar-refractivity contribution >= 4 is 24.1 Å². The fraction of sp³-hybridized carbons (Fsp3) is 0.459. The van der Waals surface area contributed by atoms with Gasteiger partial charge in [-0.25, -0.2) is 28.5 Å². The lowest BCUT2D eigenvalue weighted by molar-refractivity contribution is 0.0598. The summed E-state index contributed by atoms with van der Waals surface area (Å²) < 4.78 is 18.4. The molecular formula is C37H46N8O8. The van der Waals surface area contributed by atoms with Crippen LogP contribution in [0.15, 0.2) is 60.9 Å². The van der Waals surface area contributed by atoms with Crippen LogP contribution in [0, 0.1) is 0 Å². The monoisotopic (exact) mass is 730 g/mol. The van der Waals surface area contributed by atoms with Crippen LogP contribution in [-0.4, -0.2) is 78.4 Å². The number of hydrogen-bond acceptors (Lipinski definition) is 11. The van der Waals surface area contributed by atoms with E-state index in [0.29, 0.717) is 29.1 Å². The molecular weight excluding hydrogens is 684 g/mol. The van der Waals surface area contributed by atoms with Crippen molar-refractivity contribution in [3.05, 3.63) is 94.6 Å². The van der Waals surface area contributed by atoms with Crippen LogP contribution in [0.3, 0.4) is 0 Å². The maximum absolute atomic E-state index is 11.9. The molecule has 0 bridgehead atoms. The fourth-order valence-electron chi connectivity index (χ4n) is 6.34. The molecule has 0 aliphatic heterocycles. The number of methoxy groups -OCH3 is 1. The lowest BCUT2D eigenvalue weighted by atomic mass is 9.96. The summed E-state index contributed by atoms with van der Waals surface area (Å²) in [6.07, 6.45) is 13.5. The molecule has 2 heterocycles. The molecule has 2 fully saturated rings. The van der Waals surface area contributed by atoms with Crippen molar-refractivity contribution in [3.8, 4) is 0 Å². The number of carbonyl (C=O) groups excluding carboxylic acids is 3. The highest BCUT2D eigenvalue weighted by Gasteiger charge is 2.19. The first-order valence-electron chi connectivity index (χ1n) is 17.9. The van der Waals surface area contributed by atoms with Crippen molar-refractivity contribution in [2.75, 3.05) is 7.11 Å². The van der Waals surface area contributed by atoms with Crippen LogP contribution in [0.25, 0.3) is 0 Å². The van der Waals surface area contributed by atoms with E-state index in [1.54, 1.807) is 53.5 Å². The Bertz CT molecular complexity index is 1810. The topological polar surface area (TPSA) is 202 Å². The Kier molecular flexibility index (Phi) is 14.3. The molecule has 16 nitrogen and oxygen atoms in total. The van der Waals surface area contributed by atoms with E-state index in [1.807, 2.05) is 12.1 Å². The number of nitrogens with one attached hydrogen (secondary N) is 2. The number of aromatic carboxylic acids is 1. The molecule has 0 unspecified atom stereocenters. The maximum atomic E-state index is 11.9. The molecule has 2 aliphatic carbocycles. The summed E-state index contributed by atoms with van der Waals surface area (Å²) in [7, 11) is 1.35. The molecule has 0 spiro atoms. The molecule has 0 saturated heterocycles. The van der Waals surface area contributed by atoms with Crippen LogP contribution in [-0.2, 0) is 40.5 Å². The second kappa shape index (κ2) is 19.7. The van der Waals surface area contributed by atoms with E-state index in [9.17, 15) is 24.3 Å². The highest BCUT2D eigenvalue weighted by atomic mass is 16.6. The molecule has 2 aromatic heterocycles. The number of ether oxygens (including phenoxy) is 3. The van der Waals surface area contributed by atoms with Gasteiger partial charge in [0.25, 0.3) is 0 Å². The third-order valence-corrected chi connectivity index (χ3v) is 9.06. The van der Waals surface area contributed by atoms with Crippen LogP contribution >= 0.6 is 0 Å². The van der Waals surface area contributed by atoms with Gasteiger partial charge in [0.2, 0.25) is 0 Å². The predicted octanol–water partition coefficient (Wildman–Crippen LogP) is 5.26. The van der Waals surface area contributed by atoms with Gasteiger partial charge in [0, 0.05) is 12.1 Å². The summed E-state index contributed by atoms with van der Waals surface area (Å²) in [6.45, 7) is 0.729. The van der Waals surface area contributed by atoms with E-state index in [2.05, 4.69) is 31.3 Å². The van der Waals surface area contributed by atoms with Crippen molar-refractivity contribution in [2.45, 2.75) is 103 Å². The number of carboxylic acid groups (broad SMARTS) is 1. The van der Waals surface area contributed by atoms with E-state index in [4.69, 9.17) is 14.2 Å². The van der Waals surface area contributed by atoms with Crippen molar-refractivity contribution in [1.82, 2.24) is 40.6 Å². The molecule has 16 heteroatoms. The van der Waals surface area contributed by atoms with Crippen LogP contribution in [0.1, 0.15) is 107 Å². The van der Waals surface area contributed by atoms with Crippen LogP contribution in [0.4, 0.5) is 9.59 Å². The highest BCUT2D eigenvalue weighted by Crippen LogP contribution is 2.19. The number of alkyl carbamates (subject to hydrolysis) is 2. The van der Waals surface area contributed by atoms with E-state index < -0.39 is 24.1 Å². The van der Waals surface area contributed by atoms with Crippen molar-refractivity contribution < 1.29 is 38.5 Å². The van der Waals surface area contributed by atoms with E-state index in [0.717, 1.165) is 56.9 Å². The number of carboxylic acids is 1. The van der Waals surface area contributed by atoms with Gasteiger partial charge in [0.05, 0.1) is 43.7 Å². The minimum absolute atomic E-state index is 0.0269. The molecule has 2 aromatic carbocycles. The third kappa shape index (κ3) is 12.1. The first-order valence-corrected chi connectivity index (χ1v) is 17.9. The van der Waals surface area contributed by atoms with Crippen LogP contribution < -0.4 is 10.6 Å². The van der Waals surface area contributed by atoms with E-state index in [-0.39, 0.29) is 37.4 Å². The third-order valence-electron chi connectivity index (χ3n) is 9.06. The maximum Gasteiger partial charge on any atom is 0.407 e. The second-order valence-corrected chi connectivity index (χ2v) is 13.0. The quantitative estimate of drug-likeness (QED) is 0.126. The first kappa shape index (κ1) is 38.4. The number of nitrogens with zero attached hydrogens (tertiary/aromatic N) is 6. The zero-order chi connectivity index (χ0) is 37.4. The van der Waals surface area contributed by atoms with E-state index >= 15 is 0 Å². The molecule has 282 valence electrons. The molecule has 2 amide bonds. The Morgan fingerprint density at radius 2 is 1.11 bits per heavy atom. The summed E-state index contributed by atoms with van der Waals surface area (Å²) in [5, 5.41) is 31.0. The molecule has 0 radical (unpaired) electrons. The van der Waals surface area contributed by atoms with Gasteiger partial charge in [-0.3, -0.25) is 0 Å². The van der Waals surface area contributed by atoms with Gasteiger partial charge in [-0.15, -0.1) is 10.2 Å². The zero-order valence-corrected chi connectivity index (χ0v) is 29.8. The fourth-order valence-corrected chi connectivity index (χ4v) is 6.34. The van der Waals surface area contributed by atoms with Gasteiger partial charge >= 0.3 is 24.1 Å². The minimum atomic E-state index is -0.983. The predicted molar refractivity (Wildman–Crippen MR) is 190 cm³/mol. The first-order chi connectivity index (χ1) is 25.8. The lowest BCUT2D eigenvalue weighted by Gasteiger charge is -2.22. The summed E-state index contributed by atoms with van der Waals surface area (Å²) in [4.78, 5) is 46.8. The van der Waals surface area contributed by atoms with Gasteiger partial charge in [-0.2, -0.15) is 0 Å². The second-order valence-electron chi connectivity index (χ2n) is 13.0. The number of benzene rings is 2. The van der Waals surface area contributed by atoms with Crippen LogP contribution in [0.2, 0.25) is 0 Å².